The molecule has 0 bridgehead atoms. The molecule has 1 fully saturated rings. The number of carbonyl (C=O) groups is 1. The largest absolute Gasteiger partial charge is 0.447 e. The minimum atomic E-state index is -0.331. The number of halogens is 1. The first-order valence-corrected chi connectivity index (χ1v) is 5.47. The Bertz CT molecular complexity index is 350. The van der Waals surface area contributed by atoms with Gasteiger partial charge in [-0.3, -0.25) is 0 Å². The molecule has 1 atom stereocenters. The second kappa shape index (κ2) is 3.31. The fraction of sp³-hybridized carbons (Fsp3) is 0.375. The summed E-state index contributed by atoms with van der Waals surface area (Å²) in [5.41, 5.74) is 0. The van der Waals surface area contributed by atoms with Gasteiger partial charge in [0.25, 0.3) is 0 Å². The van der Waals surface area contributed by atoms with Crippen molar-refractivity contribution >= 4 is 33.4 Å². The van der Waals surface area contributed by atoms with Gasteiger partial charge in [0.2, 0.25) is 0 Å². The first-order chi connectivity index (χ1) is 6.16. The molecule has 1 saturated heterocycles. The van der Waals surface area contributed by atoms with Crippen LogP contribution in [-0.4, -0.2) is 12.7 Å². The molecule has 1 unspecified atom stereocenters. The quantitative estimate of drug-likeness (QED) is 0.844. The van der Waals surface area contributed by atoms with Gasteiger partial charge in [0.05, 0.1) is 0 Å². The van der Waals surface area contributed by atoms with Gasteiger partial charge in [0, 0.05) is 14.2 Å². The van der Waals surface area contributed by atoms with Crippen molar-refractivity contribution in [1.82, 2.24) is 5.32 Å². The van der Waals surface area contributed by atoms with Gasteiger partial charge in [-0.15, -0.1) is 11.3 Å². The van der Waals surface area contributed by atoms with Gasteiger partial charge in [0.15, 0.2) is 0 Å². The number of nitrogens with one attached hydrogen (secondary N) is 1. The van der Waals surface area contributed by atoms with Crippen molar-refractivity contribution in [1.29, 1.82) is 0 Å². The molecular weight excluding hydrogens is 254 g/mol. The van der Waals surface area contributed by atoms with Crippen molar-refractivity contribution in [2.75, 3.05) is 6.61 Å². The molecule has 3 nitrogen and oxygen atoms in total. The van der Waals surface area contributed by atoms with Crippen LogP contribution in [0.3, 0.4) is 0 Å². The van der Waals surface area contributed by atoms with E-state index in [1.165, 1.54) is 4.88 Å². The summed E-state index contributed by atoms with van der Waals surface area (Å²) in [6, 6.07) is 2.06. The summed E-state index contributed by atoms with van der Waals surface area (Å²) in [5, 5.41) is 2.74. The van der Waals surface area contributed by atoms with Crippen LogP contribution in [-0.2, 0) is 4.74 Å². The predicted octanol–water partition coefficient (Wildman–Crippen LogP) is 2.60. The summed E-state index contributed by atoms with van der Waals surface area (Å²) in [7, 11) is 0. The maximum absolute atomic E-state index is 10.8. The highest BCUT2D eigenvalue weighted by Crippen LogP contribution is 2.33. The van der Waals surface area contributed by atoms with Gasteiger partial charge < -0.3 is 10.1 Å². The van der Waals surface area contributed by atoms with Crippen LogP contribution in [0.5, 0.6) is 0 Å². The average molecular weight is 262 g/mol. The Labute approximate surface area is 88.2 Å². The topological polar surface area (TPSA) is 38.3 Å². The molecule has 70 valence electrons. The zero-order valence-corrected chi connectivity index (χ0v) is 9.37. The lowest BCUT2D eigenvalue weighted by Gasteiger charge is -2.03. The van der Waals surface area contributed by atoms with E-state index in [4.69, 9.17) is 4.74 Å². The first kappa shape index (κ1) is 9.02. The Kier molecular flexibility index (Phi) is 2.29. The van der Waals surface area contributed by atoms with E-state index in [-0.39, 0.29) is 12.1 Å². The number of carbonyl (C=O) groups excluding carboxylic acids is 1. The van der Waals surface area contributed by atoms with Gasteiger partial charge in [0.1, 0.15) is 12.6 Å². The standard InChI is InChI=1S/C8H8BrNO2S/c1-4-2-5(9)7(13-4)6-3-12-8(11)10-6/h2,6H,3H2,1H3,(H,10,11). The molecular formula is C8H8BrNO2S. The number of hydrogen-bond acceptors (Lipinski definition) is 3. The number of ether oxygens (including phenoxy) is 1. The molecule has 0 aliphatic carbocycles. The van der Waals surface area contributed by atoms with Gasteiger partial charge in [-0.2, -0.15) is 0 Å². The van der Waals surface area contributed by atoms with Crippen LogP contribution in [0.4, 0.5) is 4.79 Å². The molecule has 1 aliphatic rings. The molecule has 1 amide bonds. The lowest BCUT2D eigenvalue weighted by atomic mass is 10.3. The van der Waals surface area contributed by atoms with E-state index in [0.29, 0.717) is 6.61 Å². The average Bonchev–Trinajstić information content (AvgIpc) is 2.58. The maximum Gasteiger partial charge on any atom is 0.407 e. The van der Waals surface area contributed by atoms with Gasteiger partial charge in [-0.05, 0) is 28.9 Å². The third kappa shape index (κ3) is 1.71. The van der Waals surface area contributed by atoms with Crippen molar-refractivity contribution in [2.24, 2.45) is 0 Å². The fourth-order valence-corrected chi connectivity index (χ4v) is 3.23. The van der Waals surface area contributed by atoms with Crippen molar-refractivity contribution < 1.29 is 9.53 Å². The van der Waals surface area contributed by atoms with Crippen molar-refractivity contribution in [3.05, 3.63) is 20.3 Å². The van der Waals surface area contributed by atoms with Gasteiger partial charge in [-0.1, -0.05) is 0 Å². The number of thiophene rings is 1. The number of hydrogen-bond donors (Lipinski definition) is 1. The maximum atomic E-state index is 10.8. The van der Waals surface area contributed by atoms with Crippen molar-refractivity contribution in [3.8, 4) is 0 Å². The van der Waals surface area contributed by atoms with E-state index in [9.17, 15) is 4.79 Å². The highest BCUT2D eigenvalue weighted by Gasteiger charge is 2.26. The molecule has 13 heavy (non-hydrogen) atoms. The summed E-state index contributed by atoms with van der Waals surface area (Å²) in [6.45, 7) is 2.47. The van der Waals surface area contributed by atoms with Crippen LogP contribution in [0.1, 0.15) is 15.8 Å². The molecule has 5 heteroatoms. The number of rotatable bonds is 1. The predicted molar refractivity (Wildman–Crippen MR) is 54.0 cm³/mol. The number of aryl methyl sites for hydroxylation is 1. The smallest absolute Gasteiger partial charge is 0.407 e. The Hall–Kier alpha value is -0.550. The van der Waals surface area contributed by atoms with E-state index < -0.39 is 0 Å². The molecule has 0 spiro atoms. The lowest BCUT2D eigenvalue weighted by Crippen LogP contribution is -2.17. The minimum absolute atomic E-state index is 0.0144. The summed E-state index contributed by atoms with van der Waals surface area (Å²) in [6.07, 6.45) is -0.331. The third-order valence-electron chi connectivity index (χ3n) is 1.83. The fourth-order valence-electron chi connectivity index (χ4n) is 1.26. The number of alkyl carbamates (subject to hydrolysis) is 1. The molecule has 0 saturated carbocycles. The zero-order valence-electron chi connectivity index (χ0n) is 6.96. The zero-order chi connectivity index (χ0) is 9.42. The van der Waals surface area contributed by atoms with Gasteiger partial charge in [-0.25, -0.2) is 4.79 Å². The highest BCUT2D eigenvalue weighted by molar-refractivity contribution is 9.10. The number of cyclic esters (lactones) is 1. The van der Waals surface area contributed by atoms with E-state index in [1.54, 1.807) is 11.3 Å². The minimum Gasteiger partial charge on any atom is -0.447 e. The molecule has 1 aromatic heterocycles. The van der Waals surface area contributed by atoms with E-state index in [0.717, 1.165) is 9.35 Å². The molecule has 2 rings (SSSR count). The Balaban J connectivity index is 2.25. The van der Waals surface area contributed by atoms with Crippen LogP contribution < -0.4 is 5.32 Å². The third-order valence-corrected chi connectivity index (χ3v) is 3.91. The van der Waals surface area contributed by atoms with Crippen molar-refractivity contribution in [2.45, 2.75) is 13.0 Å². The summed E-state index contributed by atoms with van der Waals surface area (Å²) in [5.74, 6) is 0. The van der Waals surface area contributed by atoms with E-state index >= 15 is 0 Å². The SMILES string of the molecule is Cc1cc(Br)c(C2COC(=O)N2)s1. The Morgan fingerprint density at radius 2 is 2.54 bits per heavy atom. The molecule has 1 aromatic rings. The van der Waals surface area contributed by atoms with E-state index in [2.05, 4.69) is 21.2 Å². The second-order valence-corrected chi connectivity index (χ2v) is 5.01. The molecule has 0 aromatic carbocycles. The molecule has 2 heterocycles. The highest BCUT2D eigenvalue weighted by atomic mass is 79.9. The van der Waals surface area contributed by atoms with Gasteiger partial charge >= 0.3 is 6.09 Å². The monoisotopic (exact) mass is 261 g/mol. The van der Waals surface area contributed by atoms with Crippen LogP contribution >= 0.6 is 27.3 Å². The normalized spacial score (nSPS) is 21.4. The Morgan fingerprint density at radius 3 is 3.00 bits per heavy atom. The summed E-state index contributed by atoms with van der Waals surface area (Å²) in [4.78, 5) is 13.2. The lowest BCUT2D eigenvalue weighted by molar-refractivity contribution is 0.177. The Morgan fingerprint density at radius 1 is 1.77 bits per heavy atom. The van der Waals surface area contributed by atoms with Crippen LogP contribution in [0, 0.1) is 6.92 Å². The van der Waals surface area contributed by atoms with Crippen LogP contribution in [0.15, 0.2) is 10.5 Å². The van der Waals surface area contributed by atoms with Crippen LogP contribution in [0.2, 0.25) is 0 Å². The van der Waals surface area contributed by atoms with Crippen molar-refractivity contribution in [3.63, 3.8) is 0 Å². The molecule has 0 radical (unpaired) electrons. The summed E-state index contributed by atoms with van der Waals surface area (Å²) >= 11 is 5.12. The number of amides is 1. The molecule has 1 aliphatic heterocycles. The second-order valence-electron chi connectivity index (χ2n) is 2.86. The van der Waals surface area contributed by atoms with E-state index in [1.807, 2.05) is 13.0 Å². The first-order valence-electron chi connectivity index (χ1n) is 3.86. The van der Waals surface area contributed by atoms with Crippen LogP contribution in [0.25, 0.3) is 0 Å². The molecule has 1 N–H and O–H groups in total. The summed E-state index contributed by atoms with van der Waals surface area (Å²) < 4.78 is 5.87.